The predicted molar refractivity (Wildman–Crippen MR) is 202 cm³/mol. The molecule has 3 heterocycles. The first-order valence-electron chi connectivity index (χ1n) is 18.3. The van der Waals surface area contributed by atoms with Gasteiger partial charge in [0, 0.05) is 28.5 Å². The first-order valence-corrected chi connectivity index (χ1v) is 18.3. The van der Waals surface area contributed by atoms with Crippen LogP contribution < -0.4 is 5.63 Å². The van der Waals surface area contributed by atoms with Gasteiger partial charge in [0.1, 0.15) is 12.7 Å². The van der Waals surface area contributed by atoms with Gasteiger partial charge in [0.05, 0.1) is 28.0 Å². The molecule has 1 aromatic heterocycles. The van der Waals surface area contributed by atoms with Gasteiger partial charge in [0.15, 0.2) is 81.6 Å². The van der Waals surface area contributed by atoms with E-state index in [0.29, 0.717) is 30.3 Å². The largest absolute Gasteiger partial charge is 0.504 e. The highest BCUT2D eigenvalue weighted by Gasteiger charge is 2.54. The lowest BCUT2D eigenvalue weighted by Crippen LogP contribution is -2.62. The first-order chi connectivity index (χ1) is 30.6. The predicted octanol–water partition coefficient (Wildman–Crippen LogP) is 0.848. The molecule has 0 spiro atoms. The number of Topliss-reactive ketones (excluding diaryl/α,β-unsaturated/α-hetero) is 1. The van der Waals surface area contributed by atoms with Crippen molar-refractivity contribution in [1.29, 1.82) is 0 Å². The minimum atomic E-state index is -2.54. The SMILES string of the molecule is O=C(O[C@@H]1O[C@@H]2COC(=O)c3cc(O)c(O)c(O)c3-c3c(cc(O)c(O)c3O)C(=O)O[C@H]([C@@H]1O)[C@H]2OC(=O)[C@@H]1CC(=O)c2oc(=O)c3cc(O)c(O)c(O)c3c21)c1cc(O)c(O)c(O)c1. The molecule has 1 saturated heterocycles. The number of aliphatic hydroxyl groups is 1. The summed E-state index contributed by atoms with van der Waals surface area (Å²) in [5.41, 5.74) is -6.74. The Morgan fingerprint density at radius 2 is 1.17 bits per heavy atom. The number of aromatic hydroxyl groups is 12. The highest BCUT2D eigenvalue weighted by atomic mass is 16.7. The van der Waals surface area contributed by atoms with E-state index < -0.39 is 204 Å². The van der Waals surface area contributed by atoms with Crippen molar-refractivity contribution in [2.75, 3.05) is 6.61 Å². The molecule has 13 N–H and O–H groups in total. The van der Waals surface area contributed by atoms with Crippen LogP contribution in [0.5, 0.6) is 69.0 Å². The monoisotopic (exact) mass is 908 g/mol. The van der Waals surface area contributed by atoms with Gasteiger partial charge in [-0.1, -0.05) is 0 Å². The van der Waals surface area contributed by atoms with E-state index in [1.807, 2.05) is 0 Å². The van der Waals surface area contributed by atoms with Crippen LogP contribution in [-0.2, 0) is 28.5 Å². The molecule has 8 rings (SSSR count). The third kappa shape index (κ3) is 6.73. The summed E-state index contributed by atoms with van der Waals surface area (Å²) in [5.74, 6) is -24.7. The fraction of sp³-hybridized carbons (Fsp3) is 0.200. The summed E-state index contributed by atoms with van der Waals surface area (Å²) in [5, 5.41) is 135. The zero-order valence-corrected chi connectivity index (χ0v) is 32.0. The van der Waals surface area contributed by atoms with Gasteiger partial charge in [-0.05, 0) is 30.3 Å². The van der Waals surface area contributed by atoms with Gasteiger partial charge in [-0.2, -0.15) is 0 Å². The van der Waals surface area contributed by atoms with Crippen molar-refractivity contribution < 1.29 is 118 Å². The van der Waals surface area contributed by atoms with Gasteiger partial charge in [-0.25, -0.2) is 19.2 Å². The van der Waals surface area contributed by atoms with E-state index in [2.05, 4.69) is 0 Å². The van der Waals surface area contributed by atoms with E-state index >= 15 is 0 Å². The van der Waals surface area contributed by atoms with Gasteiger partial charge in [0.2, 0.25) is 23.5 Å². The van der Waals surface area contributed by atoms with Crippen LogP contribution in [-0.4, -0.2) is 133 Å². The highest BCUT2D eigenvalue weighted by molar-refractivity contribution is 6.11. The Labute approximate surface area is 357 Å². The maximum absolute atomic E-state index is 14.3. The van der Waals surface area contributed by atoms with Crippen molar-refractivity contribution in [3.63, 3.8) is 0 Å². The summed E-state index contributed by atoms with van der Waals surface area (Å²) in [7, 11) is 0. The standard InChI is InChI=1S/C40H28O25/c41-13-1-8(2-14(42)24(13)47)35(55)65-40-31(54)34-33(63-39(59)12-6-18(46)32-23(12)22-11(37(57)62-32)5-17(45)27(50)30(22)53)19(61-40)7-60-36(56)9-3-15(43)25(48)28(51)20(9)21-10(38(58)64-34)4-16(44)26(49)29(21)52/h1-5,12,19,31,33-34,40-45,47-54H,6-7H2/t12-,19-,31+,33+,34-,40+/m1/s1. The summed E-state index contributed by atoms with van der Waals surface area (Å²) < 4.78 is 32.7. The Hall–Kier alpha value is -8.84. The van der Waals surface area contributed by atoms with Crippen LogP contribution in [0.3, 0.4) is 0 Å². The second kappa shape index (κ2) is 15.2. The molecule has 0 saturated carbocycles. The number of phenols is 12. The molecular weight excluding hydrogens is 880 g/mol. The molecule has 1 fully saturated rings. The lowest BCUT2D eigenvalue weighted by Gasteiger charge is -2.43. The molecule has 1 aliphatic carbocycles. The van der Waals surface area contributed by atoms with E-state index in [9.17, 15) is 95.2 Å². The molecule has 5 aromatic rings. The zero-order valence-electron chi connectivity index (χ0n) is 32.0. The van der Waals surface area contributed by atoms with Gasteiger partial charge in [-0.15, -0.1) is 0 Å². The maximum atomic E-state index is 14.3. The molecule has 4 aromatic carbocycles. The van der Waals surface area contributed by atoms with Crippen LogP contribution in [0.2, 0.25) is 0 Å². The van der Waals surface area contributed by atoms with Crippen molar-refractivity contribution in [3.05, 3.63) is 68.8 Å². The molecule has 338 valence electrons. The number of benzene rings is 4. The topological polar surface area (TPSA) is 425 Å². The second-order valence-electron chi connectivity index (χ2n) is 14.5. The van der Waals surface area contributed by atoms with Crippen molar-refractivity contribution in [2.24, 2.45) is 0 Å². The number of hydrogen-bond acceptors (Lipinski definition) is 25. The number of esters is 4. The fourth-order valence-electron chi connectivity index (χ4n) is 7.57. The molecule has 25 nitrogen and oxygen atoms in total. The number of ether oxygens (including phenoxy) is 5. The van der Waals surface area contributed by atoms with E-state index in [-0.39, 0.29) is 0 Å². The van der Waals surface area contributed by atoms with Gasteiger partial charge >= 0.3 is 29.5 Å². The number of ketones is 1. The minimum absolute atomic E-state index is 0.405. The van der Waals surface area contributed by atoms with Crippen molar-refractivity contribution >= 4 is 40.4 Å². The summed E-state index contributed by atoms with van der Waals surface area (Å²) in [6, 6.07) is 2.75. The second-order valence-corrected chi connectivity index (χ2v) is 14.5. The Morgan fingerprint density at radius 1 is 0.631 bits per heavy atom. The lowest BCUT2D eigenvalue weighted by molar-refractivity contribution is -0.288. The Bertz CT molecular complexity index is 3000. The summed E-state index contributed by atoms with van der Waals surface area (Å²) in [4.78, 5) is 81.7. The van der Waals surface area contributed by atoms with Crippen LogP contribution in [0.1, 0.15) is 59.5 Å². The number of cyclic esters (lactones) is 1. The Kier molecular flexibility index (Phi) is 10.0. The Balaban J connectivity index is 1.27. The molecule has 0 radical (unpaired) electrons. The van der Waals surface area contributed by atoms with E-state index in [1.54, 1.807) is 0 Å². The number of carbonyl (C=O) groups is 5. The highest BCUT2D eigenvalue weighted by Crippen LogP contribution is 2.53. The van der Waals surface area contributed by atoms with Crippen LogP contribution in [0.4, 0.5) is 0 Å². The molecule has 2 aliphatic heterocycles. The number of carbonyl (C=O) groups excluding carboxylic acids is 5. The molecule has 2 bridgehead atoms. The third-order valence-electron chi connectivity index (χ3n) is 10.7. The Morgan fingerprint density at radius 3 is 1.77 bits per heavy atom. The summed E-state index contributed by atoms with van der Waals surface area (Å²) in [6.07, 6.45) is -12.6. The number of hydrogen-bond donors (Lipinski definition) is 13. The number of phenolic OH excluding ortho intramolecular Hbond substituents is 12. The van der Waals surface area contributed by atoms with E-state index in [1.165, 1.54) is 0 Å². The number of aliphatic hydroxyl groups excluding tert-OH is 1. The quantitative estimate of drug-likeness (QED) is 0.0675. The molecule has 0 amide bonds. The fourth-order valence-corrected chi connectivity index (χ4v) is 7.57. The molecule has 65 heavy (non-hydrogen) atoms. The average molecular weight is 909 g/mol. The van der Waals surface area contributed by atoms with Crippen LogP contribution in [0.25, 0.3) is 21.9 Å². The first kappa shape index (κ1) is 42.8. The molecule has 0 unspecified atom stereocenters. The maximum Gasteiger partial charge on any atom is 0.344 e. The molecule has 6 atom stereocenters. The third-order valence-corrected chi connectivity index (χ3v) is 10.7. The molecular formula is C40H28O25. The van der Waals surface area contributed by atoms with Gasteiger partial charge in [-0.3, -0.25) is 9.59 Å². The van der Waals surface area contributed by atoms with Crippen LogP contribution in [0.15, 0.2) is 39.5 Å². The summed E-state index contributed by atoms with van der Waals surface area (Å²) in [6.45, 7) is -1.22. The average Bonchev–Trinajstić information content (AvgIpc) is 3.59. The van der Waals surface area contributed by atoms with E-state index in [0.717, 1.165) is 0 Å². The molecule has 25 heteroatoms. The van der Waals surface area contributed by atoms with Crippen LogP contribution in [0, 0.1) is 0 Å². The smallest absolute Gasteiger partial charge is 0.344 e. The molecule has 3 aliphatic rings. The lowest BCUT2D eigenvalue weighted by atomic mass is 9.91. The zero-order chi connectivity index (χ0) is 47.2. The normalized spacial score (nSPS) is 21.5. The van der Waals surface area contributed by atoms with Gasteiger partial charge in [0.25, 0.3) is 0 Å². The van der Waals surface area contributed by atoms with Crippen molar-refractivity contribution in [1.82, 2.24) is 0 Å². The minimum Gasteiger partial charge on any atom is -0.504 e. The van der Waals surface area contributed by atoms with Gasteiger partial charge < -0.3 is 94.5 Å². The van der Waals surface area contributed by atoms with Crippen molar-refractivity contribution in [2.45, 2.75) is 43.0 Å². The van der Waals surface area contributed by atoms with E-state index in [4.69, 9.17) is 28.1 Å². The summed E-state index contributed by atoms with van der Waals surface area (Å²) >= 11 is 0. The number of rotatable bonds is 4. The number of fused-ring (bicyclic) bond motifs is 8. The van der Waals surface area contributed by atoms with Crippen molar-refractivity contribution in [3.8, 4) is 80.1 Å². The van der Waals surface area contributed by atoms with Crippen LogP contribution >= 0.6 is 0 Å².